The number of ether oxygens (including phenoxy) is 2. The number of para-hydroxylation sites is 1. The molecule has 0 amide bonds. The standard InChI is InChI=1S/C17H16N2O3/c1-12-5-3-4-6-15(12)21-11-16-18-19-17(22-16)13-7-9-14(20-2)10-8-13/h3-10H,11H2,1-2H3. The van der Waals surface area contributed by atoms with Crippen LogP contribution in [0.1, 0.15) is 11.5 Å². The maximum Gasteiger partial charge on any atom is 0.254 e. The average molecular weight is 296 g/mol. The molecule has 5 heteroatoms. The van der Waals surface area contributed by atoms with Gasteiger partial charge in [0.05, 0.1) is 7.11 Å². The van der Waals surface area contributed by atoms with Crippen LogP contribution in [0.4, 0.5) is 0 Å². The van der Waals surface area contributed by atoms with Gasteiger partial charge in [0, 0.05) is 5.56 Å². The lowest BCUT2D eigenvalue weighted by Crippen LogP contribution is -1.97. The summed E-state index contributed by atoms with van der Waals surface area (Å²) in [7, 11) is 1.63. The van der Waals surface area contributed by atoms with Crippen LogP contribution in [-0.4, -0.2) is 17.3 Å². The van der Waals surface area contributed by atoms with E-state index in [0.29, 0.717) is 11.8 Å². The van der Waals surface area contributed by atoms with Crippen LogP contribution >= 0.6 is 0 Å². The molecular formula is C17H16N2O3. The maximum atomic E-state index is 5.69. The molecule has 0 bridgehead atoms. The van der Waals surface area contributed by atoms with Gasteiger partial charge in [-0.3, -0.25) is 0 Å². The van der Waals surface area contributed by atoms with Gasteiger partial charge in [-0.1, -0.05) is 18.2 Å². The molecule has 0 atom stereocenters. The van der Waals surface area contributed by atoms with Crippen LogP contribution < -0.4 is 9.47 Å². The van der Waals surface area contributed by atoms with Gasteiger partial charge in [0.2, 0.25) is 5.89 Å². The Morgan fingerprint density at radius 3 is 2.50 bits per heavy atom. The van der Waals surface area contributed by atoms with E-state index in [1.165, 1.54) is 0 Å². The Balaban J connectivity index is 1.69. The summed E-state index contributed by atoms with van der Waals surface area (Å²) in [6.45, 7) is 2.24. The first-order valence-electron chi connectivity index (χ1n) is 6.91. The third kappa shape index (κ3) is 3.09. The first-order chi connectivity index (χ1) is 10.8. The second-order valence-electron chi connectivity index (χ2n) is 4.78. The van der Waals surface area contributed by atoms with Crippen molar-refractivity contribution in [2.45, 2.75) is 13.5 Å². The lowest BCUT2D eigenvalue weighted by Gasteiger charge is -2.05. The van der Waals surface area contributed by atoms with Crippen molar-refractivity contribution in [3.8, 4) is 23.0 Å². The van der Waals surface area contributed by atoms with Gasteiger partial charge in [-0.25, -0.2) is 0 Å². The zero-order chi connectivity index (χ0) is 15.4. The quantitative estimate of drug-likeness (QED) is 0.719. The van der Waals surface area contributed by atoms with Gasteiger partial charge in [-0.15, -0.1) is 10.2 Å². The third-order valence-corrected chi connectivity index (χ3v) is 3.25. The van der Waals surface area contributed by atoms with Crippen LogP contribution in [0.25, 0.3) is 11.5 Å². The minimum atomic E-state index is 0.244. The fraction of sp³-hybridized carbons (Fsp3) is 0.176. The normalized spacial score (nSPS) is 10.5. The van der Waals surface area contributed by atoms with Crippen molar-refractivity contribution < 1.29 is 13.9 Å². The Labute approximate surface area is 128 Å². The molecule has 0 aliphatic rings. The summed E-state index contributed by atoms with van der Waals surface area (Å²) in [6.07, 6.45) is 0. The highest BCUT2D eigenvalue weighted by molar-refractivity contribution is 5.53. The van der Waals surface area contributed by atoms with E-state index in [0.717, 1.165) is 22.6 Å². The van der Waals surface area contributed by atoms with Crippen molar-refractivity contribution in [2.24, 2.45) is 0 Å². The van der Waals surface area contributed by atoms with E-state index < -0.39 is 0 Å². The van der Waals surface area contributed by atoms with E-state index in [1.807, 2.05) is 55.5 Å². The molecule has 0 aliphatic carbocycles. The summed E-state index contributed by atoms with van der Waals surface area (Å²) < 4.78 is 16.4. The Hall–Kier alpha value is -2.82. The second kappa shape index (κ2) is 6.30. The van der Waals surface area contributed by atoms with E-state index >= 15 is 0 Å². The molecule has 0 N–H and O–H groups in total. The van der Waals surface area contributed by atoms with E-state index in [-0.39, 0.29) is 6.61 Å². The molecule has 1 aromatic heterocycles. The van der Waals surface area contributed by atoms with Crippen LogP contribution in [0, 0.1) is 6.92 Å². The minimum Gasteiger partial charge on any atom is -0.497 e. The summed E-state index contributed by atoms with van der Waals surface area (Å²) >= 11 is 0. The number of methoxy groups -OCH3 is 1. The Morgan fingerprint density at radius 2 is 1.77 bits per heavy atom. The molecule has 112 valence electrons. The van der Waals surface area contributed by atoms with Crippen molar-refractivity contribution in [2.75, 3.05) is 7.11 Å². The first-order valence-corrected chi connectivity index (χ1v) is 6.91. The SMILES string of the molecule is COc1ccc(-c2nnc(COc3ccccc3C)o2)cc1. The number of nitrogens with zero attached hydrogens (tertiary/aromatic N) is 2. The van der Waals surface area contributed by atoms with Gasteiger partial charge in [-0.05, 0) is 42.8 Å². The van der Waals surface area contributed by atoms with Crippen molar-refractivity contribution >= 4 is 0 Å². The lowest BCUT2D eigenvalue weighted by atomic mass is 10.2. The van der Waals surface area contributed by atoms with E-state index in [1.54, 1.807) is 7.11 Å². The number of rotatable bonds is 5. The zero-order valence-corrected chi connectivity index (χ0v) is 12.4. The summed E-state index contributed by atoms with van der Waals surface area (Å²) in [5.74, 6) is 2.50. The summed E-state index contributed by atoms with van der Waals surface area (Å²) in [4.78, 5) is 0. The van der Waals surface area contributed by atoms with E-state index in [2.05, 4.69) is 10.2 Å². The summed E-state index contributed by atoms with van der Waals surface area (Å²) in [5, 5.41) is 8.05. The molecule has 3 aromatic rings. The molecular weight excluding hydrogens is 280 g/mol. The van der Waals surface area contributed by atoms with Crippen LogP contribution in [0.3, 0.4) is 0 Å². The molecule has 3 rings (SSSR count). The predicted molar refractivity (Wildman–Crippen MR) is 81.8 cm³/mol. The monoisotopic (exact) mass is 296 g/mol. The van der Waals surface area contributed by atoms with Gasteiger partial charge in [0.1, 0.15) is 11.5 Å². The fourth-order valence-corrected chi connectivity index (χ4v) is 2.02. The summed E-state index contributed by atoms with van der Waals surface area (Å²) in [5.41, 5.74) is 1.91. The number of hydrogen-bond donors (Lipinski definition) is 0. The number of hydrogen-bond acceptors (Lipinski definition) is 5. The van der Waals surface area contributed by atoms with Gasteiger partial charge in [0.15, 0.2) is 6.61 Å². The smallest absolute Gasteiger partial charge is 0.254 e. The molecule has 0 aliphatic heterocycles. The molecule has 22 heavy (non-hydrogen) atoms. The zero-order valence-electron chi connectivity index (χ0n) is 12.4. The average Bonchev–Trinajstić information content (AvgIpc) is 3.03. The Bertz CT molecular complexity index is 751. The van der Waals surface area contributed by atoms with Crippen LogP contribution in [0.15, 0.2) is 52.9 Å². The number of benzene rings is 2. The van der Waals surface area contributed by atoms with Crippen LogP contribution in [0.5, 0.6) is 11.5 Å². The number of aryl methyl sites for hydroxylation is 1. The lowest BCUT2D eigenvalue weighted by molar-refractivity contribution is 0.263. The molecule has 5 nitrogen and oxygen atoms in total. The summed E-state index contributed by atoms with van der Waals surface area (Å²) in [6, 6.07) is 15.3. The second-order valence-corrected chi connectivity index (χ2v) is 4.78. The topological polar surface area (TPSA) is 57.4 Å². The molecule has 0 saturated carbocycles. The number of aromatic nitrogens is 2. The van der Waals surface area contributed by atoms with Crippen molar-refractivity contribution in [1.82, 2.24) is 10.2 Å². The van der Waals surface area contributed by atoms with Gasteiger partial charge in [-0.2, -0.15) is 0 Å². The predicted octanol–water partition coefficient (Wildman–Crippen LogP) is 3.63. The van der Waals surface area contributed by atoms with Crippen LogP contribution in [0.2, 0.25) is 0 Å². The molecule has 0 radical (unpaired) electrons. The largest absolute Gasteiger partial charge is 0.497 e. The van der Waals surface area contributed by atoms with Gasteiger partial charge >= 0.3 is 0 Å². The van der Waals surface area contributed by atoms with Gasteiger partial charge < -0.3 is 13.9 Å². The maximum absolute atomic E-state index is 5.69. The van der Waals surface area contributed by atoms with Crippen LogP contribution in [-0.2, 0) is 6.61 Å². The third-order valence-electron chi connectivity index (χ3n) is 3.25. The Kier molecular flexibility index (Phi) is 4.05. The molecule has 0 unspecified atom stereocenters. The van der Waals surface area contributed by atoms with E-state index in [4.69, 9.17) is 13.9 Å². The molecule has 0 fully saturated rings. The van der Waals surface area contributed by atoms with Gasteiger partial charge in [0.25, 0.3) is 5.89 Å². The van der Waals surface area contributed by atoms with Crippen molar-refractivity contribution in [3.63, 3.8) is 0 Å². The molecule has 0 saturated heterocycles. The van der Waals surface area contributed by atoms with Crippen molar-refractivity contribution in [3.05, 3.63) is 60.0 Å². The molecule has 1 heterocycles. The highest BCUT2D eigenvalue weighted by Crippen LogP contribution is 2.22. The highest BCUT2D eigenvalue weighted by atomic mass is 16.5. The highest BCUT2D eigenvalue weighted by Gasteiger charge is 2.09. The van der Waals surface area contributed by atoms with Crippen molar-refractivity contribution in [1.29, 1.82) is 0 Å². The first kappa shape index (κ1) is 14.1. The fourth-order valence-electron chi connectivity index (χ4n) is 2.02. The molecule has 2 aromatic carbocycles. The Morgan fingerprint density at radius 1 is 1.00 bits per heavy atom. The van der Waals surface area contributed by atoms with E-state index in [9.17, 15) is 0 Å². The molecule has 0 spiro atoms. The minimum absolute atomic E-state index is 0.244.